The van der Waals surface area contributed by atoms with Crippen LogP contribution in [-0.4, -0.2) is 41.3 Å². The lowest BCUT2D eigenvalue weighted by atomic mass is 9.97. The van der Waals surface area contributed by atoms with Gasteiger partial charge >= 0.3 is 0 Å². The number of thiazole rings is 1. The fraction of sp³-hybridized carbons (Fsp3) is 0.421. The summed E-state index contributed by atoms with van der Waals surface area (Å²) in [5, 5.41) is 9.01. The van der Waals surface area contributed by atoms with Crippen LogP contribution in [0.3, 0.4) is 0 Å². The van der Waals surface area contributed by atoms with E-state index in [0.717, 1.165) is 24.9 Å². The van der Waals surface area contributed by atoms with Gasteiger partial charge in [-0.1, -0.05) is 30.7 Å². The molecule has 144 valence electrons. The van der Waals surface area contributed by atoms with Crippen molar-refractivity contribution in [2.75, 3.05) is 25.0 Å². The van der Waals surface area contributed by atoms with Crippen molar-refractivity contribution in [1.82, 2.24) is 15.2 Å². The van der Waals surface area contributed by atoms with Gasteiger partial charge in [-0.15, -0.1) is 11.3 Å². The van der Waals surface area contributed by atoms with Gasteiger partial charge in [-0.05, 0) is 31.4 Å². The molecule has 0 aliphatic carbocycles. The lowest BCUT2D eigenvalue weighted by Gasteiger charge is -2.31. The molecule has 2 heterocycles. The molecule has 1 atom stereocenters. The zero-order valence-corrected chi connectivity index (χ0v) is 16.8. The number of anilines is 2. The van der Waals surface area contributed by atoms with E-state index >= 15 is 0 Å². The Bertz CT molecular complexity index is 811. The van der Waals surface area contributed by atoms with Crippen molar-refractivity contribution in [2.45, 2.75) is 26.2 Å². The summed E-state index contributed by atoms with van der Waals surface area (Å²) in [6.45, 7) is 3.79. The molecule has 0 spiro atoms. The fourth-order valence-electron chi connectivity index (χ4n) is 3.04. The molecule has 8 heteroatoms. The first-order chi connectivity index (χ1) is 13.1. The van der Waals surface area contributed by atoms with Crippen molar-refractivity contribution in [3.63, 3.8) is 0 Å². The van der Waals surface area contributed by atoms with Gasteiger partial charge in [-0.2, -0.15) is 0 Å². The van der Waals surface area contributed by atoms with Crippen LogP contribution in [-0.2, 0) is 4.79 Å². The monoisotopic (exact) mass is 406 g/mol. The highest BCUT2D eigenvalue weighted by Crippen LogP contribution is 2.27. The predicted molar refractivity (Wildman–Crippen MR) is 109 cm³/mol. The third-order valence-electron chi connectivity index (χ3n) is 4.47. The Hall–Kier alpha value is -2.12. The maximum Gasteiger partial charge on any atom is 0.273 e. The van der Waals surface area contributed by atoms with Gasteiger partial charge in [0.05, 0.1) is 16.6 Å². The SMILES string of the molecule is CCCNC(=O)[C@@H]1CCCN(C(=O)c2csc(Nc3ccccc3Cl)n2)C1. The van der Waals surface area contributed by atoms with Crippen molar-refractivity contribution >= 4 is 45.6 Å². The highest BCUT2D eigenvalue weighted by molar-refractivity contribution is 7.14. The van der Waals surface area contributed by atoms with Gasteiger partial charge in [-0.3, -0.25) is 9.59 Å². The minimum absolute atomic E-state index is 0.0358. The Kier molecular flexibility index (Phi) is 6.68. The molecule has 27 heavy (non-hydrogen) atoms. The van der Waals surface area contributed by atoms with E-state index in [-0.39, 0.29) is 17.7 Å². The molecule has 1 aliphatic rings. The Balaban J connectivity index is 1.63. The minimum Gasteiger partial charge on any atom is -0.356 e. The zero-order chi connectivity index (χ0) is 19.2. The van der Waals surface area contributed by atoms with Crippen LogP contribution in [0.2, 0.25) is 5.02 Å². The van der Waals surface area contributed by atoms with Crippen LogP contribution in [0.1, 0.15) is 36.7 Å². The summed E-state index contributed by atoms with van der Waals surface area (Å²) >= 11 is 7.50. The summed E-state index contributed by atoms with van der Waals surface area (Å²) in [5.74, 6) is -0.242. The van der Waals surface area contributed by atoms with Crippen LogP contribution in [0.5, 0.6) is 0 Å². The van der Waals surface area contributed by atoms with E-state index in [0.29, 0.717) is 35.5 Å². The van der Waals surface area contributed by atoms with Crippen molar-refractivity contribution < 1.29 is 9.59 Å². The third kappa shape index (κ3) is 4.99. The number of rotatable bonds is 6. The van der Waals surface area contributed by atoms with E-state index < -0.39 is 0 Å². The highest BCUT2D eigenvalue weighted by Gasteiger charge is 2.29. The number of piperidine rings is 1. The van der Waals surface area contributed by atoms with Crippen molar-refractivity contribution in [3.05, 3.63) is 40.4 Å². The number of nitrogens with one attached hydrogen (secondary N) is 2. The molecule has 6 nitrogen and oxygen atoms in total. The molecule has 0 unspecified atom stereocenters. The second kappa shape index (κ2) is 9.19. The van der Waals surface area contributed by atoms with E-state index in [9.17, 15) is 9.59 Å². The maximum atomic E-state index is 12.8. The summed E-state index contributed by atoms with van der Waals surface area (Å²) in [5.41, 5.74) is 1.14. The summed E-state index contributed by atoms with van der Waals surface area (Å²) in [7, 11) is 0. The zero-order valence-electron chi connectivity index (χ0n) is 15.2. The fourth-order valence-corrected chi connectivity index (χ4v) is 3.92. The number of hydrogen-bond donors (Lipinski definition) is 2. The van der Waals surface area contributed by atoms with Crippen molar-refractivity contribution in [1.29, 1.82) is 0 Å². The van der Waals surface area contributed by atoms with E-state index in [2.05, 4.69) is 15.6 Å². The first-order valence-corrected chi connectivity index (χ1v) is 10.4. The Morgan fingerprint density at radius 2 is 2.19 bits per heavy atom. The number of benzene rings is 1. The lowest BCUT2D eigenvalue weighted by Crippen LogP contribution is -2.45. The van der Waals surface area contributed by atoms with E-state index in [4.69, 9.17) is 11.6 Å². The number of hydrogen-bond acceptors (Lipinski definition) is 5. The number of amides is 2. The Labute approximate surface area is 167 Å². The standard InChI is InChI=1S/C19H23ClN4O2S/c1-2-9-21-17(25)13-6-5-10-24(11-13)18(26)16-12-27-19(23-16)22-15-8-4-3-7-14(15)20/h3-4,7-8,12-13H,2,5-6,9-11H2,1H3,(H,21,25)(H,22,23)/t13-/m1/s1. The summed E-state index contributed by atoms with van der Waals surface area (Å²) < 4.78 is 0. The number of likely N-dealkylation sites (tertiary alicyclic amines) is 1. The van der Waals surface area contributed by atoms with Crippen LogP contribution in [0, 0.1) is 5.92 Å². The molecule has 1 aromatic carbocycles. The summed E-state index contributed by atoms with van der Waals surface area (Å²) in [6, 6.07) is 7.38. The Morgan fingerprint density at radius 3 is 2.96 bits per heavy atom. The van der Waals surface area contributed by atoms with Crippen molar-refractivity contribution in [3.8, 4) is 0 Å². The minimum atomic E-state index is -0.145. The average molecular weight is 407 g/mol. The van der Waals surface area contributed by atoms with Gasteiger partial charge in [0.2, 0.25) is 5.91 Å². The average Bonchev–Trinajstić information content (AvgIpc) is 3.16. The molecule has 0 radical (unpaired) electrons. The van der Waals surface area contributed by atoms with Gasteiger partial charge < -0.3 is 15.5 Å². The number of para-hydroxylation sites is 1. The van der Waals surface area contributed by atoms with Crippen LogP contribution in [0.4, 0.5) is 10.8 Å². The number of carbonyl (C=O) groups is 2. The molecule has 1 saturated heterocycles. The van der Waals surface area contributed by atoms with E-state index in [1.807, 2.05) is 25.1 Å². The van der Waals surface area contributed by atoms with Gasteiger partial charge in [0.1, 0.15) is 5.69 Å². The van der Waals surface area contributed by atoms with Crippen LogP contribution in [0.15, 0.2) is 29.6 Å². The Morgan fingerprint density at radius 1 is 1.37 bits per heavy atom. The topological polar surface area (TPSA) is 74.3 Å². The van der Waals surface area contributed by atoms with Crippen molar-refractivity contribution in [2.24, 2.45) is 5.92 Å². The first-order valence-electron chi connectivity index (χ1n) is 9.12. The number of nitrogens with zero attached hydrogens (tertiary/aromatic N) is 2. The lowest BCUT2D eigenvalue weighted by molar-refractivity contribution is -0.126. The quantitative estimate of drug-likeness (QED) is 0.762. The van der Waals surface area contributed by atoms with Gasteiger partial charge in [0.25, 0.3) is 5.91 Å². The number of carbonyl (C=O) groups excluding carboxylic acids is 2. The first kappa shape index (κ1) is 19.6. The predicted octanol–water partition coefficient (Wildman–Crippen LogP) is 3.92. The van der Waals surface area contributed by atoms with Crippen LogP contribution >= 0.6 is 22.9 Å². The van der Waals surface area contributed by atoms with Gasteiger partial charge in [0, 0.05) is 25.0 Å². The molecular weight excluding hydrogens is 384 g/mol. The molecule has 1 fully saturated rings. The molecule has 2 aromatic rings. The largest absolute Gasteiger partial charge is 0.356 e. The van der Waals surface area contributed by atoms with Gasteiger partial charge in [-0.25, -0.2) is 4.98 Å². The summed E-state index contributed by atoms with van der Waals surface area (Å²) in [4.78, 5) is 31.1. The molecule has 0 saturated carbocycles. The maximum absolute atomic E-state index is 12.8. The molecule has 2 amide bonds. The molecule has 1 aliphatic heterocycles. The molecule has 0 bridgehead atoms. The third-order valence-corrected chi connectivity index (χ3v) is 5.55. The van der Waals surface area contributed by atoms with E-state index in [1.54, 1.807) is 16.3 Å². The van der Waals surface area contributed by atoms with Crippen LogP contribution < -0.4 is 10.6 Å². The molecule has 3 rings (SSSR count). The number of aromatic nitrogens is 1. The molecule has 2 N–H and O–H groups in total. The van der Waals surface area contributed by atoms with Crippen LogP contribution in [0.25, 0.3) is 0 Å². The highest BCUT2D eigenvalue weighted by atomic mass is 35.5. The van der Waals surface area contributed by atoms with Gasteiger partial charge in [0.15, 0.2) is 5.13 Å². The van der Waals surface area contributed by atoms with E-state index in [1.165, 1.54) is 11.3 Å². The normalized spacial score (nSPS) is 16.8. The smallest absolute Gasteiger partial charge is 0.273 e. The molecule has 1 aromatic heterocycles. The summed E-state index contributed by atoms with van der Waals surface area (Å²) in [6.07, 6.45) is 2.54. The number of halogens is 1. The molecular formula is C19H23ClN4O2S. The second-order valence-corrected chi connectivity index (χ2v) is 7.79. The second-order valence-electron chi connectivity index (χ2n) is 6.52.